The Hall–Kier alpha value is -7.69. The van der Waals surface area contributed by atoms with Gasteiger partial charge in [-0.25, -0.2) is 9.97 Å². The van der Waals surface area contributed by atoms with E-state index in [4.69, 9.17) is 25.2 Å². The van der Waals surface area contributed by atoms with Gasteiger partial charge in [-0.05, 0) is 78.5 Å². The minimum Gasteiger partial charge on any atom is -0.496 e. The van der Waals surface area contributed by atoms with Gasteiger partial charge in [0.05, 0.1) is 20.0 Å². The van der Waals surface area contributed by atoms with Gasteiger partial charge in [0, 0.05) is 114 Å². The van der Waals surface area contributed by atoms with E-state index in [-0.39, 0.29) is 49.5 Å². The summed E-state index contributed by atoms with van der Waals surface area (Å²) in [6, 6.07) is 21.2. The van der Waals surface area contributed by atoms with Crippen molar-refractivity contribution in [2.24, 2.45) is 11.8 Å². The molecule has 4 fully saturated rings. The molecule has 83 heavy (non-hydrogen) atoms. The van der Waals surface area contributed by atoms with E-state index in [1.807, 2.05) is 71.0 Å². The van der Waals surface area contributed by atoms with Crippen molar-refractivity contribution >= 4 is 58.6 Å². The van der Waals surface area contributed by atoms with Gasteiger partial charge in [0.2, 0.25) is 34.9 Å². The van der Waals surface area contributed by atoms with Crippen molar-refractivity contribution in [3.63, 3.8) is 0 Å². The van der Waals surface area contributed by atoms with E-state index in [2.05, 4.69) is 19.9 Å². The first-order valence-corrected chi connectivity index (χ1v) is 28.1. The summed E-state index contributed by atoms with van der Waals surface area (Å²) in [5.74, 6) is -0.520. The smallest absolute Gasteiger partial charge is 0.437 e. The molecule has 0 radical (unpaired) electrons. The van der Waals surface area contributed by atoms with E-state index in [1.54, 1.807) is 52.1 Å². The summed E-state index contributed by atoms with van der Waals surface area (Å²) in [4.78, 5) is 78.7. The summed E-state index contributed by atoms with van der Waals surface area (Å²) in [7, 11) is 1.58. The molecule has 10 rings (SSSR count). The first-order chi connectivity index (χ1) is 39.7. The van der Waals surface area contributed by atoms with Gasteiger partial charge in [0.1, 0.15) is 17.4 Å². The molecule has 4 aliphatic rings. The minimum atomic E-state index is -4.81. The standard InChI is InChI=1S/C30H34F3N5O4.C29H31ClF3N5O3/c1-20-6-5-11-38(19-20)29-35-28(30(31,32)33)27(42-29)23(39)16-21-9-10-25(34-18-21)36-12-14-37(15-13-36)26(40)17-22-7-3-4-8-24(22)41-2;1-19-5-4-10-38(18-19)28-35-27(29(31,32)33)26(41-28)23(39)15-20-8-9-24(34-17-20)36-11-13-37(14-12-36)25(40)16-21-6-2-3-7-22(21)30/h3-4,7-10,18,20H,5-6,11-17,19H2,1-2H3;2-3,6-9,17,19H,4-5,10-16,18H2,1H3. The van der Waals surface area contributed by atoms with Crippen LogP contribution < -0.4 is 24.3 Å². The normalized spacial score (nSPS) is 18.0. The lowest BCUT2D eigenvalue weighted by atomic mass is 10.0. The summed E-state index contributed by atoms with van der Waals surface area (Å²) in [5.41, 5.74) is -0.0228. The molecule has 6 aromatic rings. The Morgan fingerprint density at radius 1 is 0.554 bits per heavy atom. The molecule has 8 heterocycles. The summed E-state index contributed by atoms with van der Waals surface area (Å²) in [6.45, 7) is 10.6. The largest absolute Gasteiger partial charge is 0.496 e. The number of anilines is 4. The van der Waals surface area contributed by atoms with E-state index >= 15 is 0 Å². The predicted molar refractivity (Wildman–Crippen MR) is 298 cm³/mol. The average molecular weight is 1180 g/mol. The number of piperazine rings is 2. The van der Waals surface area contributed by atoms with E-state index in [0.29, 0.717) is 124 Å². The Bertz CT molecular complexity index is 3210. The highest BCUT2D eigenvalue weighted by Crippen LogP contribution is 2.38. The molecule has 0 bridgehead atoms. The number of carbonyl (C=O) groups excluding carboxylic acids is 4. The third-order valence-electron chi connectivity index (χ3n) is 15.2. The number of aromatic nitrogens is 4. The van der Waals surface area contributed by atoms with Gasteiger partial charge in [-0.2, -0.15) is 36.3 Å². The Morgan fingerprint density at radius 2 is 0.976 bits per heavy atom. The van der Waals surface area contributed by atoms with Crippen LogP contribution in [0.15, 0.2) is 94.0 Å². The van der Waals surface area contributed by atoms with Crippen molar-refractivity contribution in [1.29, 1.82) is 0 Å². The van der Waals surface area contributed by atoms with Crippen LogP contribution >= 0.6 is 11.6 Å². The summed E-state index contributed by atoms with van der Waals surface area (Å²) in [5, 5.41) is 0.567. The second-order valence-electron chi connectivity index (χ2n) is 21.5. The highest BCUT2D eigenvalue weighted by Gasteiger charge is 2.43. The molecule has 17 nitrogen and oxygen atoms in total. The number of methoxy groups -OCH3 is 1. The van der Waals surface area contributed by atoms with Gasteiger partial charge in [-0.15, -0.1) is 0 Å². The lowest BCUT2D eigenvalue weighted by Crippen LogP contribution is -2.49. The van der Waals surface area contributed by atoms with E-state index in [0.717, 1.165) is 36.8 Å². The van der Waals surface area contributed by atoms with Crippen molar-refractivity contribution in [3.8, 4) is 5.75 Å². The molecule has 24 heteroatoms. The quantitative estimate of drug-likeness (QED) is 0.0701. The number of rotatable bonds is 15. The average Bonchev–Trinajstić information content (AvgIpc) is 4.24. The Balaban J connectivity index is 0.000000200. The molecule has 2 atom stereocenters. The Kier molecular flexibility index (Phi) is 19.0. The van der Waals surface area contributed by atoms with E-state index in [9.17, 15) is 45.5 Å². The number of piperidine rings is 2. The maximum atomic E-state index is 13.7. The Labute approximate surface area is 481 Å². The van der Waals surface area contributed by atoms with Crippen LogP contribution in [0.25, 0.3) is 0 Å². The SMILES string of the molecule is CC1CCCN(c2nc(C(F)(F)F)c(C(=O)Cc3ccc(N4CCN(C(=O)Cc5ccccc5Cl)CC4)nc3)o2)C1.COc1ccccc1CC(=O)N1CCN(c2ccc(CC(=O)c3oc(N4CCCC(C)C4)nc3C(F)(F)F)cn2)CC1. The van der Waals surface area contributed by atoms with E-state index < -0.39 is 46.8 Å². The fourth-order valence-corrected chi connectivity index (χ4v) is 10.9. The summed E-state index contributed by atoms with van der Waals surface area (Å²) >= 11 is 6.19. The number of halogens is 7. The maximum Gasteiger partial charge on any atom is 0.437 e. The van der Waals surface area contributed by atoms with Crippen LogP contribution in [0.1, 0.15) is 94.3 Å². The molecule has 4 saturated heterocycles. The molecule has 0 N–H and O–H groups in total. The van der Waals surface area contributed by atoms with Crippen LogP contribution in [0.4, 0.5) is 50.0 Å². The van der Waals surface area contributed by atoms with Gasteiger partial charge in [0.15, 0.2) is 11.4 Å². The Morgan fingerprint density at radius 3 is 1.37 bits per heavy atom. The molecule has 0 saturated carbocycles. The third kappa shape index (κ3) is 15.1. The van der Waals surface area contributed by atoms with Crippen molar-refractivity contribution in [2.45, 2.75) is 77.6 Å². The first-order valence-electron chi connectivity index (χ1n) is 27.7. The van der Waals surface area contributed by atoms with Crippen LogP contribution in [0, 0.1) is 11.8 Å². The number of hydrogen-bond donors (Lipinski definition) is 0. The molecule has 2 amide bonds. The maximum absolute atomic E-state index is 13.7. The predicted octanol–water partition coefficient (Wildman–Crippen LogP) is 9.94. The fourth-order valence-electron chi connectivity index (χ4n) is 10.7. The number of oxazole rings is 2. The number of ether oxygens (including phenoxy) is 1. The van der Waals surface area contributed by atoms with Crippen molar-refractivity contribution < 1.29 is 59.1 Å². The number of nitrogens with zero attached hydrogens (tertiary/aromatic N) is 10. The number of carbonyl (C=O) groups is 4. The summed E-state index contributed by atoms with van der Waals surface area (Å²) < 4.78 is 98.6. The van der Waals surface area contributed by atoms with Gasteiger partial charge in [0.25, 0.3) is 12.0 Å². The number of para-hydroxylation sites is 1. The van der Waals surface area contributed by atoms with Crippen LogP contribution in [-0.2, 0) is 47.6 Å². The number of alkyl halides is 6. The van der Waals surface area contributed by atoms with Crippen molar-refractivity contribution in [3.05, 3.63) is 135 Å². The second-order valence-corrected chi connectivity index (χ2v) is 21.9. The first kappa shape index (κ1) is 59.9. The number of pyridine rings is 2. The third-order valence-corrected chi connectivity index (χ3v) is 15.6. The molecule has 442 valence electrons. The molecule has 4 aromatic heterocycles. The molecule has 2 unspecified atom stereocenters. The second kappa shape index (κ2) is 26.3. The fraction of sp³-hybridized carbons (Fsp3) is 0.458. The van der Waals surface area contributed by atoms with Crippen LogP contribution in [0.2, 0.25) is 5.02 Å². The van der Waals surface area contributed by atoms with Crippen LogP contribution in [-0.4, -0.2) is 139 Å². The van der Waals surface area contributed by atoms with Gasteiger partial charge in [-0.1, -0.05) is 74.0 Å². The number of Topliss-reactive ketones (excluding diaryl/α,β-unsaturated/α-hetero) is 2. The summed E-state index contributed by atoms with van der Waals surface area (Å²) in [6.07, 6.45) is -3.15. The lowest BCUT2D eigenvalue weighted by Gasteiger charge is -2.35. The monoisotopic (exact) mass is 1170 g/mol. The highest BCUT2D eigenvalue weighted by molar-refractivity contribution is 6.31. The number of hydrogen-bond acceptors (Lipinski definition) is 15. The lowest BCUT2D eigenvalue weighted by molar-refractivity contribution is -0.142. The zero-order valence-corrected chi connectivity index (χ0v) is 47.1. The molecule has 0 aliphatic carbocycles. The topological polar surface area (TPSA) is 175 Å². The number of benzene rings is 2. The molecule has 0 spiro atoms. The molecule has 4 aliphatic heterocycles. The zero-order valence-electron chi connectivity index (χ0n) is 46.4. The van der Waals surface area contributed by atoms with E-state index in [1.165, 1.54) is 12.4 Å². The number of ketones is 2. The van der Waals surface area contributed by atoms with Crippen LogP contribution in [0.3, 0.4) is 0 Å². The van der Waals surface area contributed by atoms with Crippen molar-refractivity contribution in [1.82, 2.24) is 29.7 Å². The zero-order chi connectivity index (χ0) is 59.0. The van der Waals surface area contributed by atoms with Crippen molar-refractivity contribution in [2.75, 3.05) is 105 Å². The highest BCUT2D eigenvalue weighted by atomic mass is 35.5. The molecular formula is C59H65ClF6N10O7. The van der Waals surface area contributed by atoms with Gasteiger partial charge >= 0.3 is 12.4 Å². The molecule has 2 aromatic carbocycles. The number of amides is 2. The van der Waals surface area contributed by atoms with Gasteiger partial charge < -0.3 is 43.0 Å². The molecular weight excluding hydrogens is 1110 g/mol. The van der Waals surface area contributed by atoms with Gasteiger partial charge in [-0.3, -0.25) is 19.2 Å². The minimum absolute atomic E-state index is 0.00293. The van der Waals surface area contributed by atoms with Crippen LogP contribution in [0.5, 0.6) is 5.75 Å².